The summed E-state index contributed by atoms with van der Waals surface area (Å²) >= 11 is 9.80. The second-order valence-electron chi connectivity index (χ2n) is 3.82. The van der Waals surface area contributed by atoms with Crippen molar-refractivity contribution >= 4 is 33.2 Å². The molecular weight excluding hydrogens is 277 g/mol. The summed E-state index contributed by atoms with van der Waals surface area (Å²) < 4.78 is 2.67. The maximum absolute atomic E-state index is 6.31. The molecule has 0 N–H and O–H groups in total. The van der Waals surface area contributed by atoms with Crippen molar-refractivity contribution in [1.82, 2.24) is 14.6 Å². The molecule has 1 aliphatic rings. The molecule has 3 rings (SSSR count). The van der Waals surface area contributed by atoms with Gasteiger partial charge in [-0.2, -0.15) is 5.10 Å². The summed E-state index contributed by atoms with van der Waals surface area (Å²) in [6.45, 7) is 1.94. The van der Waals surface area contributed by atoms with Gasteiger partial charge in [-0.15, -0.1) is 0 Å². The summed E-state index contributed by atoms with van der Waals surface area (Å²) in [7, 11) is 0. The van der Waals surface area contributed by atoms with Crippen molar-refractivity contribution in [3.05, 3.63) is 26.6 Å². The zero-order valence-electron chi connectivity index (χ0n) is 8.22. The van der Waals surface area contributed by atoms with Crippen molar-refractivity contribution in [3.63, 3.8) is 0 Å². The predicted molar refractivity (Wildman–Crippen MR) is 62.5 cm³/mol. The van der Waals surface area contributed by atoms with Gasteiger partial charge in [-0.05, 0) is 42.1 Å². The highest BCUT2D eigenvalue weighted by Gasteiger charge is 2.21. The lowest BCUT2D eigenvalue weighted by atomic mass is 10.3. The molecule has 0 radical (unpaired) electrons. The highest BCUT2D eigenvalue weighted by molar-refractivity contribution is 9.10. The van der Waals surface area contributed by atoms with E-state index in [4.69, 9.17) is 11.6 Å². The van der Waals surface area contributed by atoms with E-state index in [1.165, 1.54) is 5.56 Å². The first-order chi connectivity index (χ1) is 7.18. The van der Waals surface area contributed by atoms with E-state index in [1.54, 1.807) is 4.52 Å². The highest BCUT2D eigenvalue weighted by atomic mass is 79.9. The number of aryl methyl sites for hydroxylation is 2. The Kier molecular flexibility index (Phi) is 2.04. The van der Waals surface area contributed by atoms with Crippen LogP contribution in [-0.4, -0.2) is 14.6 Å². The molecule has 0 aliphatic heterocycles. The Labute approximate surface area is 101 Å². The van der Waals surface area contributed by atoms with Gasteiger partial charge in [-0.1, -0.05) is 11.6 Å². The van der Waals surface area contributed by atoms with Gasteiger partial charge in [-0.3, -0.25) is 0 Å². The molecule has 2 heterocycles. The van der Waals surface area contributed by atoms with Gasteiger partial charge in [0, 0.05) is 11.3 Å². The van der Waals surface area contributed by atoms with Gasteiger partial charge in [0.1, 0.15) is 5.15 Å². The molecule has 78 valence electrons. The van der Waals surface area contributed by atoms with Crippen molar-refractivity contribution in [2.45, 2.75) is 26.2 Å². The third kappa shape index (κ3) is 1.24. The number of fused-ring (bicyclic) bond motifs is 2. The second-order valence-corrected chi connectivity index (χ2v) is 4.97. The molecule has 5 heteroatoms. The molecule has 2 aromatic heterocycles. The average Bonchev–Trinajstić information content (AvgIpc) is 2.77. The number of rotatable bonds is 0. The number of halogens is 2. The van der Waals surface area contributed by atoms with E-state index in [9.17, 15) is 0 Å². The number of aromatic nitrogens is 3. The van der Waals surface area contributed by atoms with Crippen molar-refractivity contribution in [3.8, 4) is 0 Å². The molecule has 0 aromatic carbocycles. The van der Waals surface area contributed by atoms with Crippen LogP contribution in [0.4, 0.5) is 0 Å². The minimum absolute atomic E-state index is 0.723. The summed E-state index contributed by atoms with van der Waals surface area (Å²) in [6.07, 6.45) is 3.20. The van der Waals surface area contributed by atoms with E-state index in [0.29, 0.717) is 0 Å². The predicted octanol–water partition coefficient (Wildman–Crippen LogP) is 2.94. The molecular formula is C10H9BrClN3. The summed E-state index contributed by atoms with van der Waals surface area (Å²) in [5.74, 6) is 0. The van der Waals surface area contributed by atoms with Gasteiger partial charge in [0.2, 0.25) is 0 Å². The molecule has 0 atom stereocenters. The standard InChI is InChI=1S/C10H9BrClN3/c1-5-8(11)10-13-7-4-2-3-6(7)9(12)15(10)14-5/h2-4H2,1H3. The maximum Gasteiger partial charge on any atom is 0.171 e. The van der Waals surface area contributed by atoms with Crippen LogP contribution in [0.5, 0.6) is 0 Å². The van der Waals surface area contributed by atoms with Crippen molar-refractivity contribution in [2.24, 2.45) is 0 Å². The first-order valence-electron chi connectivity index (χ1n) is 4.90. The molecule has 0 amide bonds. The highest BCUT2D eigenvalue weighted by Crippen LogP contribution is 2.31. The molecule has 0 saturated heterocycles. The van der Waals surface area contributed by atoms with E-state index in [0.717, 1.165) is 45.9 Å². The quantitative estimate of drug-likeness (QED) is 0.697. The Morgan fingerprint density at radius 3 is 3.00 bits per heavy atom. The maximum atomic E-state index is 6.31. The molecule has 3 nitrogen and oxygen atoms in total. The van der Waals surface area contributed by atoms with Crippen LogP contribution in [0.1, 0.15) is 23.4 Å². The van der Waals surface area contributed by atoms with Crippen LogP contribution in [0.2, 0.25) is 5.15 Å². The average molecular weight is 287 g/mol. The topological polar surface area (TPSA) is 30.2 Å². The van der Waals surface area contributed by atoms with Gasteiger partial charge in [0.05, 0.1) is 10.2 Å². The van der Waals surface area contributed by atoms with Crippen LogP contribution in [0.15, 0.2) is 4.47 Å². The van der Waals surface area contributed by atoms with Gasteiger partial charge in [0.25, 0.3) is 0 Å². The van der Waals surface area contributed by atoms with E-state index in [1.807, 2.05) is 6.92 Å². The van der Waals surface area contributed by atoms with Crippen molar-refractivity contribution < 1.29 is 0 Å². The van der Waals surface area contributed by atoms with Gasteiger partial charge in [-0.25, -0.2) is 9.50 Å². The van der Waals surface area contributed by atoms with Gasteiger partial charge in [0.15, 0.2) is 5.65 Å². The molecule has 0 unspecified atom stereocenters. The Balaban J connectivity index is 2.45. The summed E-state index contributed by atoms with van der Waals surface area (Å²) in [4.78, 5) is 4.61. The van der Waals surface area contributed by atoms with Gasteiger partial charge < -0.3 is 0 Å². The zero-order valence-corrected chi connectivity index (χ0v) is 10.6. The number of hydrogen-bond donors (Lipinski definition) is 0. The third-order valence-electron chi connectivity index (χ3n) is 2.83. The van der Waals surface area contributed by atoms with Crippen LogP contribution < -0.4 is 0 Å². The minimum Gasteiger partial charge on any atom is -0.232 e. The van der Waals surface area contributed by atoms with Crippen LogP contribution in [-0.2, 0) is 12.8 Å². The molecule has 1 aliphatic carbocycles. The second kappa shape index (κ2) is 3.19. The summed E-state index contributed by atoms with van der Waals surface area (Å²) in [5, 5.41) is 5.09. The third-order valence-corrected chi connectivity index (χ3v) is 4.15. The molecule has 2 aromatic rings. The Morgan fingerprint density at radius 2 is 2.20 bits per heavy atom. The number of hydrogen-bond acceptors (Lipinski definition) is 2. The smallest absolute Gasteiger partial charge is 0.171 e. The lowest BCUT2D eigenvalue weighted by Crippen LogP contribution is -1.99. The molecule has 0 spiro atoms. The zero-order chi connectivity index (χ0) is 10.6. The van der Waals surface area contributed by atoms with Gasteiger partial charge >= 0.3 is 0 Å². The minimum atomic E-state index is 0.723. The monoisotopic (exact) mass is 285 g/mol. The summed E-state index contributed by atoms with van der Waals surface area (Å²) in [6, 6.07) is 0. The first kappa shape index (κ1) is 9.60. The van der Waals surface area contributed by atoms with E-state index in [2.05, 4.69) is 26.0 Å². The van der Waals surface area contributed by atoms with Crippen molar-refractivity contribution in [2.75, 3.05) is 0 Å². The SMILES string of the molecule is Cc1nn2c(Cl)c3c(nc2c1Br)CCC3. The Morgan fingerprint density at radius 1 is 1.40 bits per heavy atom. The van der Waals surface area contributed by atoms with E-state index in [-0.39, 0.29) is 0 Å². The lowest BCUT2D eigenvalue weighted by Gasteiger charge is -2.03. The Bertz CT molecular complexity index is 562. The first-order valence-corrected chi connectivity index (χ1v) is 6.07. The molecule has 0 fully saturated rings. The lowest BCUT2D eigenvalue weighted by molar-refractivity contribution is 0.895. The molecule has 0 saturated carbocycles. The van der Waals surface area contributed by atoms with Crippen LogP contribution in [0.25, 0.3) is 5.65 Å². The Hall–Kier alpha value is -0.610. The normalized spacial score (nSPS) is 14.9. The fourth-order valence-corrected chi connectivity index (χ4v) is 2.72. The van der Waals surface area contributed by atoms with Crippen LogP contribution in [0.3, 0.4) is 0 Å². The van der Waals surface area contributed by atoms with Crippen molar-refractivity contribution in [1.29, 1.82) is 0 Å². The molecule has 0 bridgehead atoms. The van der Waals surface area contributed by atoms with Crippen LogP contribution >= 0.6 is 27.5 Å². The van der Waals surface area contributed by atoms with E-state index >= 15 is 0 Å². The van der Waals surface area contributed by atoms with E-state index < -0.39 is 0 Å². The number of nitrogens with zero attached hydrogens (tertiary/aromatic N) is 3. The fourth-order valence-electron chi connectivity index (χ4n) is 2.06. The summed E-state index contributed by atoms with van der Waals surface area (Å²) in [5.41, 5.74) is 4.05. The fraction of sp³-hybridized carbons (Fsp3) is 0.400. The van der Waals surface area contributed by atoms with Crippen LogP contribution in [0, 0.1) is 6.92 Å². The largest absolute Gasteiger partial charge is 0.232 e. The molecule has 15 heavy (non-hydrogen) atoms.